The smallest absolute Gasteiger partial charge is 0.150 e. The van der Waals surface area contributed by atoms with Crippen LogP contribution in [0.3, 0.4) is 0 Å². The van der Waals surface area contributed by atoms with Gasteiger partial charge in [-0.3, -0.25) is 0 Å². The molecule has 0 aliphatic rings. The van der Waals surface area contributed by atoms with Crippen molar-refractivity contribution in [3.8, 4) is 23.0 Å². The number of nitrogens with zero attached hydrogens (tertiary/aromatic N) is 4. The first kappa shape index (κ1) is 24.1. The molecule has 0 saturated carbocycles. The van der Waals surface area contributed by atoms with Gasteiger partial charge in [-0.2, -0.15) is 20.5 Å². The first-order valence-corrected chi connectivity index (χ1v) is 10.00. The zero-order valence-corrected chi connectivity index (χ0v) is 19.4. The van der Waals surface area contributed by atoms with E-state index in [1.54, 1.807) is 12.1 Å². The Labute approximate surface area is 183 Å². The molecule has 0 radical (unpaired) electrons. The third-order valence-corrected chi connectivity index (χ3v) is 5.09. The Kier molecular flexibility index (Phi) is 6.63. The fourth-order valence-electron chi connectivity index (χ4n) is 3.43. The quantitative estimate of drug-likeness (QED) is 0.437. The second-order valence-electron chi connectivity index (χ2n) is 9.51. The summed E-state index contributed by atoms with van der Waals surface area (Å²) in [5, 5.41) is 59.1. The Bertz CT molecular complexity index is 962. The lowest BCUT2D eigenvalue weighted by molar-refractivity contribution is 0.413. The van der Waals surface area contributed by atoms with Crippen LogP contribution in [0.15, 0.2) is 32.6 Å². The Morgan fingerprint density at radius 3 is 1.19 bits per heavy atom. The number of phenols is 4. The van der Waals surface area contributed by atoms with Crippen LogP contribution in [0.4, 0.5) is 11.4 Å². The molecule has 0 amide bonds. The first-order valence-electron chi connectivity index (χ1n) is 10.00. The Morgan fingerprint density at radius 1 is 0.613 bits per heavy atom. The molecule has 8 heteroatoms. The van der Waals surface area contributed by atoms with Crippen LogP contribution in [0, 0.1) is 0 Å². The fourth-order valence-corrected chi connectivity index (χ4v) is 3.43. The summed E-state index contributed by atoms with van der Waals surface area (Å²) in [6.45, 7) is 11.5. The first-order chi connectivity index (χ1) is 14.2. The molecule has 0 aliphatic carbocycles. The largest absolute Gasteiger partial charge is 0.507 e. The molecule has 2 aromatic carbocycles. The van der Waals surface area contributed by atoms with Gasteiger partial charge < -0.3 is 20.4 Å². The number of azo groups is 2. The molecule has 0 atom stereocenters. The van der Waals surface area contributed by atoms with Crippen molar-refractivity contribution in [2.24, 2.45) is 20.5 Å². The Balaban J connectivity index is 2.87. The fraction of sp³-hybridized carbons (Fsp3) is 0.478. The van der Waals surface area contributed by atoms with Gasteiger partial charge in [0.25, 0.3) is 0 Å². The highest BCUT2D eigenvalue weighted by molar-refractivity contribution is 5.69. The van der Waals surface area contributed by atoms with E-state index in [4.69, 9.17) is 0 Å². The SMILES string of the molecule is CN=Nc1cc(C(C)(C)C)c(O)c(Cc2c(O)c(N=NC)cc(C(C)(C)C)c2O)c1O. The molecule has 168 valence electrons. The van der Waals surface area contributed by atoms with Gasteiger partial charge in [0, 0.05) is 42.8 Å². The number of benzene rings is 2. The van der Waals surface area contributed by atoms with Gasteiger partial charge in [-0.05, 0) is 23.0 Å². The van der Waals surface area contributed by atoms with Crippen LogP contribution in [-0.4, -0.2) is 34.5 Å². The van der Waals surface area contributed by atoms with E-state index < -0.39 is 10.8 Å². The lowest BCUT2D eigenvalue weighted by Crippen LogP contribution is -2.13. The highest BCUT2D eigenvalue weighted by Gasteiger charge is 2.29. The summed E-state index contributed by atoms with van der Waals surface area (Å²) in [4.78, 5) is 0. The van der Waals surface area contributed by atoms with E-state index in [0.717, 1.165) is 0 Å². The third-order valence-electron chi connectivity index (χ3n) is 5.09. The normalized spacial score (nSPS) is 12.9. The monoisotopic (exact) mass is 428 g/mol. The van der Waals surface area contributed by atoms with Crippen molar-refractivity contribution in [2.45, 2.75) is 58.8 Å². The maximum Gasteiger partial charge on any atom is 0.150 e. The van der Waals surface area contributed by atoms with Crippen molar-refractivity contribution in [3.63, 3.8) is 0 Å². The number of hydrogen-bond acceptors (Lipinski definition) is 8. The van der Waals surface area contributed by atoms with Crippen LogP contribution < -0.4 is 0 Å². The van der Waals surface area contributed by atoms with Gasteiger partial charge >= 0.3 is 0 Å². The van der Waals surface area contributed by atoms with E-state index in [-0.39, 0.29) is 51.9 Å². The van der Waals surface area contributed by atoms with Crippen molar-refractivity contribution in [3.05, 3.63) is 34.4 Å². The van der Waals surface area contributed by atoms with Gasteiger partial charge in [0.2, 0.25) is 0 Å². The molecule has 0 heterocycles. The highest BCUT2D eigenvalue weighted by Crippen LogP contribution is 2.49. The van der Waals surface area contributed by atoms with Crippen molar-refractivity contribution in [1.82, 2.24) is 0 Å². The molecule has 0 unspecified atom stereocenters. The summed E-state index contributed by atoms with van der Waals surface area (Å²) in [6.07, 6.45) is -0.151. The van der Waals surface area contributed by atoms with Crippen LogP contribution in [0.1, 0.15) is 63.8 Å². The zero-order chi connectivity index (χ0) is 23.7. The van der Waals surface area contributed by atoms with Crippen molar-refractivity contribution in [1.29, 1.82) is 0 Å². The van der Waals surface area contributed by atoms with Gasteiger partial charge in [-0.1, -0.05) is 41.5 Å². The minimum atomic E-state index is -0.455. The second kappa shape index (κ2) is 8.53. The maximum absolute atomic E-state index is 11.0. The van der Waals surface area contributed by atoms with Crippen molar-refractivity contribution in [2.75, 3.05) is 14.1 Å². The standard InChI is InChI=1S/C23H32N4O4/c1-22(2,3)14-10-16(26-24-7)20(30)12(18(14)28)9-13-19(29)15(23(4,5)6)11-17(21(13)31)27-25-8/h10-11,28-31H,9H2,1-8H3. The molecular weight excluding hydrogens is 396 g/mol. The van der Waals surface area contributed by atoms with Crippen LogP contribution in [0.2, 0.25) is 0 Å². The Morgan fingerprint density at radius 2 is 0.935 bits per heavy atom. The van der Waals surface area contributed by atoms with E-state index in [1.165, 1.54) is 14.1 Å². The molecule has 2 aromatic rings. The number of phenolic OH excluding ortho intramolecular Hbond substituents is 4. The molecule has 0 spiro atoms. The maximum atomic E-state index is 11.0. The lowest BCUT2D eigenvalue weighted by Gasteiger charge is -2.25. The summed E-state index contributed by atoms with van der Waals surface area (Å²) >= 11 is 0. The number of rotatable bonds is 4. The van der Waals surface area contributed by atoms with Gasteiger partial charge in [-0.15, -0.1) is 0 Å². The van der Waals surface area contributed by atoms with E-state index in [0.29, 0.717) is 11.1 Å². The molecule has 0 bridgehead atoms. The zero-order valence-electron chi connectivity index (χ0n) is 19.4. The lowest BCUT2D eigenvalue weighted by atomic mass is 9.82. The molecule has 8 nitrogen and oxygen atoms in total. The predicted octanol–water partition coefficient (Wildman–Crippen LogP) is 6.12. The minimum absolute atomic E-state index is 0.126. The summed E-state index contributed by atoms with van der Waals surface area (Å²) < 4.78 is 0. The van der Waals surface area contributed by atoms with Gasteiger partial charge in [-0.25, -0.2) is 0 Å². The molecule has 0 fully saturated rings. The summed E-state index contributed by atoms with van der Waals surface area (Å²) in [5.74, 6) is -0.790. The molecule has 4 N–H and O–H groups in total. The summed E-state index contributed by atoms with van der Waals surface area (Å²) in [7, 11) is 2.96. The highest BCUT2D eigenvalue weighted by atomic mass is 16.3. The molecule has 31 heavy (non-hydrogen) atoms. The third kappa shape index (κ3) is 4.78. The minimum Gasteiger partial charge on any atom is -0.507 e. The molecular formula is C23H32N4O4. The second-order valence-corrected chi connectivity index (χ2v) is 9.51. The Hall–Kier alpha value is -3.16. The molecule has 0 aromatic heterocycles. The van der Waals surface area contributed by atoms with Gasteiger partial charge in [0.1, 0.15) is 34.4 Å². The summed E-state index contributed by atoms with van der Waals surface area (Å²) in [6, 6.07) is 3.17. The van der Waals surface area contributed by atoms with Crippen LogP contribution in [0.5, 0.6) is 23.0 Å². The van der Waals surface area contributed by atoms with E-state index in [2.05, 4.69) is 20.5 Å². The van der Waals surface area contributed by atoms with Gasteiger partial charge in [0.15, 0.2) is 0 Å². The van der Waals surface area contributed by atoms with E-state index >= 15 is 0 Å². The molecule has 0 saturated heterocycles. The summed E-state index contributed by atoms with van der Waals surface area (Å²) in [5.41, 5.74) is 0.854. The van der Waals surface area contributed by atoms with E-state index in [1.807, 2.05) is 41.5 Å². The number of aromatic hydroxyl groups is 4. The predicted molar refractivity (Wildman–Crippen MR) is 121 cm³/mol. The topological polar surface area (TPSA) is 130 Å². The van der Waals surface area contributed by atoms with Crippen LogP contribution >= 0.6 is 0 Å². The number of hydrogen-bond donors (Lipinski definition) is 4. The molecule has 0 aliphatic heterocycles. The van der Waals surface area contributed by atoms with Crippen LogP contribution in [0.25, 0.3) is 0 Å². The average Bonchev–Trinajstić information content (AvgIpc) is 2.63. The molecule has 2 rings (SSSR count). The average molecular weight is 429 g/mol. The van der Waals surface area contributed by atoms with Gasteiger partial charge in [0.05, 0.1) is 0 Å². The van der Waals surface area contributed by atoms with Crippen LogP contribution in [-0.2, 0) is 17.3 Å². The van der Waals surface area contributed by atoms with Crippen molar-refractivity contribution < 1.29 is 20.4 Å². The van der Waals surface area contributed by atoms with Crippen molar-refractivity contribution >= 4 is 11.4 Å². The van der Waals surface area contributed by atoms with E-state index in [9.17, 15) is 20.4 Å².